The summed E-state index contributed by atoms with van der Waals surface area (Å²) in [5, 5.41) is 13.1. The number of amides is 2. The fourth-order valence-electron chi connectivity index (χ4n) is 9.30. The Morgan fingerprint density at radius 1 is 0.730 bits per heavy atom. The third-order valence-electron chi connectivity index (χ3n) is 12.8. The molecule has 7 aromatic carbocycles. The van der Waals surface area contributed by atoms with Gasteiger partial charge in [0, 0.05) is 39.5 Å². The van der Waals surface area contributed by atoms with Crippen LogP contribution in [0.15, 0.2) is 241 Å². The number of thioether (sulfide) groups is 1. The maximum atomic E-state index is 15.2. The summed E-state index contributed by atoms with van der Waals surface area (Å²) in [5.74, 6) is -2.07. The molecule has 2 atom stereocenters. The summed E-state index contributed by atoms with van der Waals surface area (Å²) in [6.45, 7) is 3.43. The van der Waals surface area contributed by atoms with Gasteiger partial charge in [-0.05, 0) is 28.8 Å². The van der Waals surface area contributed by atoms with Gasteiger partial charge in [0.25, 0.3) is 11.8 Å². The van der Waals surface area contributed by atoms with Crippen molar-refractivity contribution in [3.05, 3.63) is 280 Å². The molecule has 10 rings (SSSR count). The predicted octanol–water partition coefficient (Wildman–Crippen LogP) is 10.9. The number of β-lactam (4-membered cyclic amide) rings is 1. The second-order valence-electron chi connectivity index (χ2n) is 17.3. The van der Waals surface area contributed by atoms with Crippen LogP contribution in [-0.2, 0) is 35.1 Å². The van der Waals surface area contributed by atoms with Crippen molar-refractivity contribution in [1.29, 1.82) is 0 Å². The molecule has 2 amide bonds. The van der Waals surface area contributed by atoms with E-state index in [0.717, 1.165) is 33.4 Å². The fourth-order valence-corrected chi connectivity index (χ4v) is 11.4. The number of benzene rings is 7. The second kappa shape index (κ2) is 22.0. The molecule has 0 aliphatic carbocycles. The quantitative estimate of drug-likeness (QED) is 0.0203. The first-order valence-electron chi connectivity index (χ1n) is 23.8. The highest BCUT2D eigenvalue weighted by Gasteiger charge is 2.55. The standard InChI is InChI=1S/C60H48FN5O6S2/c1-2-36-70-57(69)53-41(38-71-49-35-21-34-48(61)37-49)39-73-56-52(55(68)66(53)56)63-54(67)51(65-72-60(45-28-15-6-16-29-45,46-30-17-7-18-31-46)47-32-19-8-20-33-47)50-40-74-58(62-50)64-59(42-22-9-3-10-23-42,43-24-11-4-12-25-43)44-26-13-5-14-27-44/h2-35,37,40,52,56H,1,36,38-39H2,(H,62,64)(H,63,67)/t52?,56-/m0/s1. The van der Waals surface area contributed by atoms with Gasteiger partial charge in [0.15, 0.2) is 10.8 Å². The van der Waals surface area contributed by atoms with Crippen LogP contribution in [0.5, 0.6) is 5.75 Å². The van der Waals surface area contributed by atoms with Crippen molar-refractivity contribution in [2.75, 3.05) is 24.3 Å². The van der Waals surface area contributed by atoms with Gasteiger partial charge >= 0.3 is 5.97 Å². The predicted molar refractivity (Wildman–Crippen MR) is 287 cm³/mol. The number of ether oxygens (including phenoxy) is 2. The number of carbonyl (C=O) groups excluding carboxylic acids is 3. The number of aromatic nitrogens is 1. The Bertz CT molecular complexity index is 3130. The Morgan fingerprint density at radius 3 is 1.74 bits per heavy atom. The van der Waals surface area contributed by atoms with E-state index in [2.05, 4.69) is 53.6 Å². The minimum atomic E-state index is -1.38. The number of rotatable bonds is 19. The van der Waals surface area contributed by atoms with E-state index >= 15 is 4.79 Å². The fraction of sp³-hybridized carbons (Fsp3) is 0.117. The monoisotopic (exact) mass is 1020 g/mol. The van der Waals surface area contributed by atoms with Crippen molar-refractivity contribution in [3.63, 3.8) is 0 Å². The number of hydrogen-bond donors (Lipinski definition) is 2. The molecule has 8 aromatic rings. The highest BCUT2D eigenvalue weighted by molar-refractivity contribution is 8.00. The van der Waals surface area contributed by atoms with Crippen LogP contribution in [0, 0.1) is 5.82 Å². The van der Waals surface area contributed by atoms with Crippen molar-refractivity contribution < 1.29 is 33.1 Å². The summed E-state index contributed by atoms with van der Waals surface area (Å²) in [5.41, 5.74) is 3.15. The number of oxime groups is 1. The van der Waals surface area contributed by atoms with Gasteiger partial charge < -0.3 is 24.9 Å². The van der Waals surface area contributed by atoms with Crippen molar-refractivity contribution in [1.82, 2.24) is 15.2 Å². The molecule has 14 heteroatoms. The maximum Gasteiger partial charge on any atom is 0.355 e. The lowest BCUT2D eigenvalue weighted by molar-refractivity contribution is -0.152. The van der Waals surface area contributed by atoms with E-state index in [1.807, 2.05) is 146 Å². The highest BCUT2D eigenvalue weighted by atomic mass is 32.2. The average Bonchev–Trinajstić information content (AvgIpc) is 3.92. The van der Waals surface area contributed by atoms with Crippen molar-refractivity contribution in [2.24, 2.45) is 5.16 Å². The van der Waals surface area contributed by atoms with E-state index < -0.39 is 46.2 Å². The molecular weight excluding hydrogens is 970 g/mol. The molecule has 1 saturated heterocycles. The van der Waals surface area contributed by atoms with Crippen LogP contribution in [0.3, 0.4) is 0 Å². The number of esters is 1. The summed E-state index contributed by atoms with van der Waals surface area (Å²) in [4.78, 5) is 56.7. The minimum absolute atomic E-state index is 0.00737. The zero-order chi connectivity index (χ0) is 50.9. The molecule has 0 spiro atoms. The van der Waals surface area contributed by atoms with E-state index in [9.17, 15) is 14.0 Å². The van der Waals surface area contributed by atoms with E-state index in [0.29, 0.717) is 10.7 Å². The first kappa shape index (κ1) is 49.0. The van der Waals surface area contributed by atoms with Gasteiger partial charge in [0.1, 0.15) is 53.1 Å². The number of halogens is 1. The molecule has 1 fully saturated rings. The average molecular weight is 1020 g/mol. The Morgan fingerprint density at radius 2 is 1.24 bits per heavy atom. The smallest absolute Gasteiger partial charge is 0.355 e. The van der Waals surface area contributed by atoms with Crippen molar-refractivity contribution in [3.8, 4) is 5.75 Å². The van der Waals surface area contributed by atoms with Gasteiger partial charge in [-0.2, -0.15) is 0 Å². The highest BCUT2D eigenvalue weighted by Crippen LogP contribution is 2.44. The van der Waals surface area contributed by atoms with E-state index in [-0.39, 0.29) is 41.8 Å². The summed E-state index contributed by atoms with van der Waals surface area (Å²) in [6.07, 6.45) is 1.42. The van der Waals surface area contributed by atoms with Gasteiger partial charge in [-0.15, -0.1) is 23.1 Å². The van der Waals surface area contributed by atoms with Gasteiger partial charge in [-0.3, -0.25) is 14.5 Å². The number of hydrogen-bond acceptors (Lipinski definition) is 11. The number of nitrogens with one attached hydrogen (secondary N) is 2. The largest absolute Gasteiger partial charge is 0.489 e. The number of carbonyl (C=O) groups is 3. The zero-order valence-corrected chi connectivity index (χ0v) is 41.4. The van der Waals surface area contributed by atoms with Gasteiger partial charge in [-0.1, -0.05) is 206 Å². The van der Waals surface area contributed by atoms with Crippen LogP contribution < -0.4 is 15.4 Å². The molecule has 0 radical (unpaired) electrons. The van der Waals surface area contributed by atoms with Crippen molar-refractivity contribution in [2.45, 2.75) is 22.6 Å². The van der Waals surface area contributed by atoms with Crippen LogP contribution >= 0.6 is 23.1 Å². The summed E-state index contributed by atoms with van der Waals surface area (Å²) >= 11 is 2.62. The number of nitrogens with zero attached hydrogens (tertiary/aromatic N) is 3. The molecule has 11 nitrogen and oxygen atoms in total. The lowest BCUT2D eigenvalue weighted by atomic mass is 9.77. The van der Waals surface area contributed by atoms with E-state index in [4.69, 9.17) is 24.5 Å². The van der Waals surface area contributed by atoms with Crippen LogP contribution in [-0.4, -0.2) is 63.8 Å². The first-order chi connectivity index (χ1) is 36.3. The zero-order valence-electron chi connectivity index (χ0n) is 39.8. The Hall–Kier alpha value is -8.59. The lowest BCUT2D eigenvalue weighted by Gasteiger charge is -2.49. The molecule has 1 aromatic heterocycles. The topological polar surface area (TPSA) is 131 Å². The first-order valence-corrected chi connectivity index (χ1v) is 25.7. The molecule has 74 heavy (non-hydrogen) atoms. The molecule has 0 bridgehead atoms. The number of anilines is 1. The third-order valence-corrected chi connectivity index (χ3v) is 14.9. The molecule has 2 aliphatic heterocycles. The SMILES string of the molecule is C=CCOC(=O)C1=C(COc2cccc(F)c2)CS[C@H]2C(NC(=O)C(=NOC(c3ccccc3)(c3ccccc3)c3ccccc3)c3csc(NC(c4ccccc4)(c4ccccc4)c4ccccc4)n3)C(=O)N12. The second-order valence-corrected chi connectivity index (χ2v) is 19.2. The lowest BCUT2D eigenvalue weighted by Crippen LogP contribution is -2.71. The summed E-state index contributed by atoms with van der Waals surface area (Å²) in [6, 6.07) is 63.7. The van der Waals surface area contributed by atoms with Crippen LogP contribution in [0.2, 0.25) is 0 Å². The summed E-state index contributed by atoms with van der Waals surface area (Å²) in [7, 11) is 0. The molecule has 2 N–H and O–H groups in total. The third kappa shape index (κ3) is 9.72. The van der Waals surface area contributed by atoms with Crippen LogP contribution in [0.25, 0.3) is 0 Å². The van der Waals surface area contributed by atoms with E-state index in [1.165, 1.54) is 52.3 Å². The molecular formula is C60H48FN5O6S2. The van der Waals surface area contributed by atoms with Gasteiger partial charge in [0.2, 0.25) is 5.60 Å². The Balaban J connectivity index is 1.05. The van der Waals surface area contributed by atoms with E-state index in [1.54, 1.807) is 11.4 Å². The van der Waals surface area contributed by atoms with Crippen molar-refractivity contribution >= 4 is 51.7 Å². The maximum absolute atomic E-state index is 15.2. The molecule has 1 unspecified atom stereocenters. The summed E-state index contributed by atoms with van der Waals surface area (Å²) < 4.78 is 25.4. The molecule has 0 saturated carbocycles. The normalized spacial score (nSPS) is 15.6. The number of fused-ring (bicyclic) bond motifs is 1. The Kier molecular flexibility index (Phi) is 14.6. The van der Waals surface area contributed by atoms with Crippen LogP contribution in [0.1, 0.15) is 39.1 Å². The molecule has 368 valence electrons. The Labute approximate surface area is 436 Å². The van der Waals surface area contributed by atoms with Crippen LogP contribution in [0.4, 0.5) is 9.52 Å². The van der Waals surface area contributed by atoms with Gasteiger partial charge in [0.05, 0.1) is 0 Å². The minimum Gasteiger partial charge on any atom is -0.489 e. The molecule has 3 heterocycles. The molecule has 2 aliphatic rings. The number of thiazole rings is 1. The van der Waals surface area contributed by atoms with Gasteiger partial charge in [-0.25, -0.2) is 14.2 Å².